The number of amides is 1. The number of nitrogens with one attached hydrogen (secondary N) is 2. The number of halogens is 3. The van der Waals surface area contributed by atoms with E-state index >= 15 is 0 Å². The van der Waals surface area contributed by atoms with Gasteiger partial charge in [0.25, 0.3) is 0 Å². The number of aromatic nitrogens is 4. The molecule has 202 valence electrons. The Morgan fingerprint density at radius 1 is 1.22 bits per heavy atom. The largest absolute Gasteiger partial charge is 0.434 e. The standard InChI is InChI=1S/C24H33F3N8O2/c1-12(2)19-21(36)32-18-13(3)30-22(33-20(18)34(19)6)31-14-7-15(8-14)35(11-23(4,5)37)17-10-28-16(9-29-17)24(25,26)27/h9-10,12,14-15,19,37H,7-8,11H2,1-6H3,(H,32,36)(H,30,31,33)/t14-,15-,19-/m0/s1. The second-order valence-electron chi connectivity index (χ2n) is 10.8. The molecule has 3 heterocycles. The second kappa shape index (κ2) is 9.58. The number of anilines is 4. The van der Waals surface area contributed by atoms with Crippen LogP contribution in [0.15, 0.2) is 12.4 Å². The minimum atomic E-state index is -4.57. The van der Waals surface area contributed by atoms with Crippen LogP contribution in [0.3, 0.4) is 0 Å². The smallest absolute Gasteiger partial charge is 0.389 e. The summed E-state index contributed by atoms with van der Waals surface area (Å²) in [4.78, 5) is 32.9. The number of fused-ring (bicyclic) bond motifs is 1. The van der Waals surface area contributed by atoms with E-state index in [-0.39, 0.29) is 42.3 Å². The first-order valence-corrected chi connectivity index (χ1v) is 12.2. The van der Waals surface area contributed by atoms with Crippen molar-refractivity contribution >= 4 is 29.2 Å². The van der Waals surface area contributed by atoms with Gasteiger partial charge in [-0.1, -0.05) is 13.8 Å². The molecule has 10 nitrogen and oxygen atoms in total. The van der Waals surface area contributed by atoms with Crippen LogP contribution in [0.4, 0.5) is 36.4 Å². The first-order chi connectivity index (χ1) is 17.1. The number of carbonyl (C=O) groups excluding carboxylic acids is 1. The average Bonchev–Trinajstić information content (AvgIpc) is 2.74. The van der Waals surface area contributed by atoms with Crippen LogP contribution >= 0.6 is 0 Å². The van der Waals surface area contributed by atoms with Crippen LogP contribution in [0.1, 0.15) is 51.9 Å². The summed E-state index contributed by atoms with van der Waals surface area (Å²) >= 11 is 0. The lowest BCUT2D eigenvalue weighted by Crippen LogP contribution is -2.54. The van der Waals surface area contributed by atoms with E-state index in [1.165, 1.54) is 0 Å². The molecule has 1 aliphatic heterocycles. The lowest BCUT2D eigenvalue weighted by Gasteiger charge is -2.45. The Labute approximate surface area is 213 Å². The molecule has 0 radical (unpaired) electrons. The fraction of sp³-hybridized carbons (Fsp3) is 0.625. The van der Waals surface area contributed by atoms with Crippen molar-refractivity contribution in [2.45, 2.75) is 77.4 Å². The summed E-state index contributed by atoms with van der Waals surface area (Å²) in [6, 6.07) is -0.400. The van der Waals surface area contributed by atoms with E-state index in [0.717, 1.165) is 6.20 Å². The Morgan fingerprint density at radius 2 is 1.89 bits per heavy atom. The Hall–Kier alpha value is -3.22. The molecule has 1 amide bonds. The zero-order chi connectivity index (χ0) is 27.3. The number of alkyl halides is 3. The van der Waals surface area contributed by atoms with Crippen LogP contribution in [-0.4, -0.2) is 68.3 Å². The third kappa shape index (κ3) is 5.71. The van der Waals surface area contributed by atoms with Gasteiger partial charge in [0.1, 0.15) is 17.5 Å². The summed E-state index contributed by atoms with van der Waals surface area (Å²) in [7, 11) is 1.84. The van der Waals surface area contributed by atoms with Crippen molar-refractivity contribution in [2.75, 3.05) is 34.0 Å². The van der Waals surface area contributed by atoms with Crippen molar-refractivity contribution in [1.82, 2.24) is 19.9 Å². The number of hydrogen-bond acceptors (Lipinski definition) is 9. The van der Waals surface area contributed by atoms with E-state index in [1.807, 2.05) is 32.7 Å². The fourth-order valence-electron chi connectivity index (χ4n) is 4.85. The molecule has 1 atom stereocenters. The Kier molecular flexibility index (Phi) is 6.95. The molecule has 2 aromatic heterocycles. The van der Waals surface area contributed by atoms with Gasteiger partial charge in [-0.25, -0.2) is 15.0 Å². The van der Waals surface area contributed by atoms with E-state index in [4.69, 9.17) is 0 Å². The molecule has 1 fully saturated rings. The molecule has 3 N–H and O–H groups in total. The Balaban J connectivity index is 1.48. The minimum absolute atomic E-state index is 0.0125. The van der Waals surface area contributed by atoms with Gasteiger partial charge in [0.05, 0.1) is 23.7 Å². The molecule has 4 rings (SSSR count). The summed E-state index contributed by atoms with van der Waals surface area (Å²) in [6.07, 6.45) is -1.48. The molecule has 0 unspecified atom stereocenters. The molecular weight excluding hydrogens is 489 g/mol. The molecule has 0 bridgehead atoms. The molecule has 37 heavy (non-hydrogen) atoms. The SMILES string of the molecule is Cc1nc(N[C@H]2C[C@H](N(CC(C)(C)O)c3cnc(C(F)(F)F)cn3)C2)nc2c1NC(=O)[C@H](C(C)C)N2C. The first-order valence-electron chi connectivity index (χ1n) is 12.2. The maximum absolute atomic E-state index is 12.9. The quantitative estimate of drug-likeness (QED) is 0.504. The van der Waals surface area contributed by atoms with Gasteiger partial charge in [0.2, 0.25) is 11.9 Å². The normalized spacial score (nSPS) is 21.9. The molecule has 2 aromatic rings. The predicted molar refractivity (Wildman–Crippen MR) is 134 cm³/mol. The van der Waals surface area contributed by atoms with Gasteiger partial charge >= 0.3 is 6.18 Å². The molecule has 13 heteroatoms. The van der Waals surface area contributed by atoms with E-state index in [0.29, 0.717) is 42.2 Å². The summed E-state index contributed by atoms with van der Waals surface area (Å²) < 4.78 is 38.8. The molecule has 0 saturated heterocycles. The molecule has 1 saturated carbocycles. The Bertz CT molecular complexity index is 1140. The van der Waals surface area contributed by atoms with Gasteiger partial charge in [0.15, 0.2) is 11.5 Å². The maximum atomic E-state index is 12.9. The highest BCUT2D eigenvalue weighted by Gasteiger charge is 2.39. The van der Waals surface area contributed by atoms with Crippen LogP contribution in [0, 0.1) is 12.8 Å². The summed E-state index contributed by atoms with van der Waals surface area (Å²) in [5.74, 6) is 1.36. The highest BCUT2D eigenvalue weighted by molar-refractivity contribution is 6.03. The van der Waals surface area contributed by atoms with Crippen LogP contribution < -0.4 is 20.4 Å². The lowest BCUT2D eigenvalue weighted by molar-refractivity contribution is -0.141. The van der Waals surface area contributed by atoms with Crippen LogP contribution in [0.5, 0.6) is 0 Å². The number of carbonyl (C=O) groups is 1. The second-order valence-corrected chi connectivity index (χ2v) is 10.8. The number of nitrogens with zero attached hydrogens (tertiary/aromatic N) is 6. The van der Waals surface area contributed by atoms with E-state index < -0.39 is 17.5 Å². The molecule has 1 aliphatic carbocycles. The first kappa shape index (κ1) is 26.8. The van der Waals surface area contributed by atoms with Gasteiger partial charge < -0.3 is 25.5 Å². The summed E-state index contributed by atoms with van der Waals surface area (Å²) in [6.45, 7) is 9.22. The Morgan fingerprint density at radius 3 is 2.43 bits per heavy atom. The van der Waals surface area contributed by atoms with Crippen molar-refractivity contribution < 1.29 is 23.1 Å². The van der Waals surface area contributed by atoms with E-state index in [1.54, 1.807) is 18.7 Å². The zero-order valence-electron chi connectivity index (χ0n) is 21.8. The van der Waals surface area contributed by atoms with Crippen LogP contribution in [-0.2, 0) is 11.0 Å². The minimum Gasteiger partial charge on any atom is -0.389 e. The number of rotatable bonds is 7. The number of likely N-dealkylation sites (N-methyl/N-ethyl adjacent to an activating group) is 1. The lowest BCUT2D eigenvalue weighted by atomic mass is 9.85. The highest BCUT2D eigenvalue weighted by atomic mass is 19.4. The zero-order valence-corrected chi connectivity index (χ0v) is 21.8. The maximum Gasteiger partial charge on any atom is 0.434 e. The molecular formula is C24H33F3N8O2. The molecule has 0 spiro atoms. The average molecular weight is 523 g/mol. The van der Waals surface area contributed by atoms with Crippen molar-refractivity contribution in [3.63, 3.8) is 0 Å². The van der Waals surface area contributed by atoms with Gasteiger partial charge in [-0.3, -0.25) is 4.79 Å². The topological polar surface area (TPSA) is 119 Å². The van der Waals surface area contributed by atoms with Crippen molar-refractivity contribution in [2.24, 2.45) is 5.92 Å². The van der Waals surface area contributed by atoms with Gasteiger partial charge in [0, 0.05) is 25.7 Å². The van der Waals surface area contributed by atoms with Crippen molar-refractivity contribution in [3.8, 4) is 0 Å². The van der Waals surface area contributed by atoms with Gasteiger partial charge in [-0.05, 0) is 39.5 Å². The summed E-state index contributed by atoms with van der Waals surface area (Å²) in [5, 5.41) is 16.7. The van der Waals surface area contributed by atoms with E-state index in [9.17, 15) is 23.1 Å². The van der Waals surface area contributed by atoms with Crippen LogP contribution in [0.2, 0.25) is 0 Å². The fourth-order valence-corrected chi connectivity index (χ4v) is 4.85. The predicted octanol–water partition coefficient (Wildman–Crippen LogP) is 3.23. The van der Waals surface area contributed by atoms with Gasteiger partial charge in [-0.2, -0.15) is 18.2 Å². The number of aliphatic hydroxyl groups is 1. The van der Waals surface area contributed by atoms with Crippen molar-refractivity contribution in [3.05, 3.63) is 23.8 Å². The van der Waals surface area contributed by atoms with Crippen LogP contribution in [0.25, 0.3) is 0 Å². The third-order valence-corrected chi connectivity index (χ3v) is 6.64. The number of aryl methyl sites for hydroxylation is 1. The van der Waals surface area contributed by atoms with Crippen molar-refractivity contribution in [1.29, 1.82) is 0 Å². The highest BCUT2D eigenvalue weighted by Crippen LogP contribution is 2.36. The third-order valence-electron chi connectivity index (χ3n) is 6.64. The molecule has 0 aromatic carbocycles. The van der Waals surface area contributed by atoms with E-state index in [2.05, 4.69) is 30.6 Å². The monoisotopic (exact) mass is 522 g/mol. The summed E-state index contributed by atoms with van der Waals surface area (Å²) in [5.41, 5.74) is -0.912. The number of hydrogen-bond donors (Lipinski definition) is 3. The molecule has 2 aliphatic rings. The van der Waals surface area contributed by atoms with Gasteiger partial charge in [-0.15, -0.1) is 0 Å².